The van der Waals surface area contributed by atoms with E-state index in [2.05, 4.69) is 0 Å². The predicted octanol–water partition coefficient (Wildman–Crippen LogP) is 1.98. The number of rotatable bonds is 6. The molecule has 22 heavy (non-hydrogen) atoms. The maximum Gasteiger partial charge on any atom is 0.372 e. The molecule has 0 aliphatic heterocycles. The number of hydrogen-bond donors (Lipinski definition) is 1. The van der Waals surface area contributed by atoms with Crippen LogP contribution in [0, 0.1) is 5.82 Å². The number of halogens is 1. The van der Waals surface area contributed by atoms with Gasteiger partial charge in [0.25, 0.3) is 0 Å². The van der Waals surface area contributed by atoms with Crippen molar-refractivity contribution in [2.45, 2.75) is 12.8 Å². The Morgan fingerprint density at radius 3 is 2.32 bits per heavy atom. The zero-order chi connectivity index (χ0) is 16.3. The summed E-state index contributed by atoms with van der Waals surface area (Å²) in [5.74, 6) is -3.61. The van der Waals surface area contributed by atoms with E-state index >= 15 is 0 Å². The van der Waals surface area contributed by atoms with Crippen LogP contribution in [-0.2, 0) is 23.1 Å². The lowest BCUT2D eigenvalue weighted by Crippen LogP contribution is -2.19. The second kappa shape index (κ2) is 6.34. The Morgan fingerprint density at radius 1 is 1.09 bits per heavy atom. The van der Waals surface area contributed by atoms with Gasteiger partial charge in [0.05, 0.1) is 12.1 Å². The molecule has 2 rings (SSSR count). The molecule has 0 aliphatic carbocycles. The number of carbonyl (C=O) groups excluding carboxylic acids is 2. The highest BCUT2D eigenvalue weighted by Gasteiger charge is 2.20. The van der Waals surface area contributed by atoms with Crippen LogP contribution in [-0.4, -0.2) is 27.2 Å². The lowest BCUT2D eigenvalue weighted by atomic mass is 10.1. The van der Waals surface area contributed by atoms with Crippen molar-refractivity contribution in [1.82, 2.24) is 4.57 Å². The molecule has 2 aromatic rings. The lowest BCUT2D eigenvalue weighted by Gasteiger charge is -2.07. The molecule has 1 N–H and O–H groups in total. The van der Waals surface area contributed by atoms with Gasteiger partial charge in [0.2, 0.25) is 5.78 Å². The summed E-state index contributed by atoms with van der Waals surface area (Å²) in [5.41, 5.74) is 1.95. The van der Waals surface area contributed by atoms with Gasteiger partial charge >= 0.3 is 5.97 Å². The highest BCUT2D eigenvalue weighted by molar-refractivity contribution is 6.37. The minimum absolute atomic E-state index is 0.270. The molecule has 1 aromatic heterocycles. The van der Waals surface area contributed by atoms with E-state index in [1.54, 1.807) is 35.9 Å². The van der Waals surface area contributed by atoms with Crippen LogP contribution in [0.15, 0.2) is 36.4 Å². The molecule has 1 aromatic carbocycles. The van der Waals surface area contributed by atoms with Gasteiger partial charge in [-0.15, -0.1) is 0 Å². The number of aliphatic carboxylic acids is 1. The molecule has 0 saturated carbocycles. The Kier molecular flexibility index (Phi) is 4.50. The Bertz CT molecular complexity index is 731. The standard InChI is InChI=1S/C16H14FNO4/c1-18-12(8-10-2-4-11(17)5-3-10)6-7-13(18)14(19)9-15(20)16(21)22/h2-7H,8-9H2,1H3,(H,21,22). The first kappa shape index (κ1) is 15.6. The van der Waals surface area contributed by atoms with Crippen LogP contribution in [0.25, 0.3) is 0 Å². The molecular formula is C16H14FNO4. The number of carbonyl (C=O) groups is 3. The molecule has 1 heterocycles. The van der Waals surface area contributed by atoms with Crippen LogP contribution in [0.1, 0.15) is 28.2 Å². The van der Waals surface area contributed by atoms with E-state index in [0.717, 1.165) is 11.3 Å². The number of Topliss-reactive ketones (excluding diaryl/α,β-unsaturated/α-hetero) is 2. The van der Waals surface area contributed by atoms with E-state index in [1.165, 1.54) is 12.1 Å². The molecular weight excluding hydrogens is 289 g/mol. The molecule has 0 radical (unpaired) electrons. The number of aromatic nitrogens is 1. The van der Waals surface area contributed by atoms with Crippen molar-refractivity contribution in [3.05, 3.63) is 59.2 Å². The summed E-state index contributed by atoms with van der Waals surface area (Å²) >= 11 is 0. The third-order valence-corrected chi connectivity index (χ3v) is 3.37. The van der Waals surface area contributed by atoms with Gasteiger partial charge in [0, 0.05) is 19.2 Å². The van der Waals surface area contributed by atoms with Gasteiger partial charge in [0.15, 0.2) is 5.78 Å². The van der Waals surface area contributed by atoms with Gasteiger partial charge < -0.3 is 9.67 Å². The molecule has 5 nitrogen and oxygen atoms in total. The second-order valence-electron chi connectivity index (χ2n) is 4.90. The third-order valence-electron chi connectivity index (χ3n) is 3.37. The van der Waals surface area contributed by atoms with Gasteiger partial charge in [-0.25, -0.2) is 9.18 Å². The van der Waals surface area contributed by atoms with Crippen LogP contribution in [0.2, 0.25) is 0 Å². The Labute approximate surface area is 126 Å². The number of carboxylic acid groups (broad SMARTS) is 1. The molecule has 0 bridgehead atoms. The van der Waals surface area contributed by atoms with Crippen LogP contribution >= 0.6 is 0 Å². The van der Waals surface area contributed by atoms with Crippen molar-refractivity contribution in [3.63, 3.8) is 0 Å². The molecule has 0 spiro atoms. The summed E-state index contributed by atoms with van der Waals surface area (Å²) in [6, 6.07) is 9.29. The van der Waals surface area contributed by atoms with Crippen molar-refractivity contribution in [2.75, 3.05) is 0 Å². The van der Waals surface area contributed by atoms with E-state index in [0.29, 0.717) is 6.42 Å². The average molecular weight is 303 g/mol. The zero-order valence-electron chi connectivity index (χ0n) is 11.9. The Morgan fingerprint density at radius 2 is 1.73 bits per heavy atom. The topological polar surface area (TPSA) is 76.4 Å². The molecule has 0 fully saturated rings. The van der Waals surface area contributed by atoms with Crippen molar-refractivity contribution >= 4 is 17.5 Å². The van der Waals surface area contributed by atoms with Crippen molar-refractivity contribution < 1.29 is 23.9 Å². The number of ketones is 2. The van der Waals surface area contributed by atoms with Crippen LogP contribution < -0.4 is 0 Å². The van der Waals surface area contributed by atoms with E-state index < -0.39 is 24.0 Å². The molecule has 0 atom stereocenters. The van der Waals surface area contributed by atoms with E-state index in [9.17, 15) is 18.8 Å². The Balaban J connectivity index is 2.15. The maximum absolute atomic E-state index is 12.9. The molecule has 0 aliphatic rings. The summed E-state index contributed by atoms with van der Waals surface area (Å²) in [4.78, 5) is 33.5. The maximum atomic E-state index is 12.9. The number of hydrogen-bond acceptors (Lipinski definition) is 3. The van der Waals surface area contributed by atoms with Gasteiger partial charge in [-0.3, -0.25) is 9.59 Å². The third kappa shape index (κ3) is 3.46. The molecule has 0 amide bonds. The smallest absolute Gasteiger partial charge is 0.372 e. The molecule has 6 heteroatoms. The summed E-state index contributed by atoms with van der Waals surface area (Å²) < 4.78 is 14.5. The largest absolute Gasteiger partial charge is 0.475 e. The SMILES string of the molecule is Cn1c(Cc2ccc(F)cc2)ccc1C(=O)CC(=O)C(=O)O. The molecule has 0 unspecified atom stereocenters. The first-order valence-electron chi connectivity index (χ1n) is 6.57. The normalized spacial score (nSPS) is 10.5. The number of benzene rings is 1. The van der Waals surface area contributed by atoms with Crippen molar-refractivity contribution in [3.8, 4) is 0 Å². The second-order valence-corrected chi connectivity index (χ2v) is 4.90. The monoisotopic (exact) mass is 303 g/mol. The van der Waals surface area contributed by atoms with Crippen molar-refractivity contribution in [2.24, 2.45) is 7.05 Å². The molecule has 114 valence electrons. The van der Waals surface area contributed by atoms with Gasteiger partial charge in [0.1, 0.15) is 5.82 Å². The Hall–Kier alpha value is -2.76. The minimum Gasteiger partial charge on any atom is -0.475 e. The highest BCUT2D eigenvalue weighted by atomic mass is 19.1. The minimum atomic E-state index is -1.62. The first-order chi connectivity index (χ1) is 10.4. The fourth-order valence-electron chi connectivity index (χ4n) is 2.13. The fraction of sp³-hybridized carbons (Fsp3) is 0.188. The number of nitrogens with zero attached hydrogens (tertiary/aromatic N) is 1. The van der Waals surface area contributed by atoms with Crippen molar-refractivity contribution in [1.29, 1.82) is 0 Å². The summed E-state index contributed by atoms with van der Waals surface area (Å²) in [6.07, 6.45) is -0.167. The number of carboxylic acids is 1. The van der Waals surface area contributed by atoms with Gasteiger partial charge in [-0.1, -0.05) is 12.1 Å². The average Bonchev–Trinajstić information content (AvgIpc) is 2.82. The molecule has 0 saturated heterocycles. The van der Waals surface area contributed by atoms with Gasteiger partial charge in [-0.05, 0) is 29.8 Å². The summed E-state index contributed by atoms with van der Waals surface area (Å²) in [7, 11) is 1.66. The van der Waals surface area contributed by atoms with Crippen LogP contribution in [0.3, 0.4) is 0 Å². The van der Waals surface area contributed by atoms with Gasteiger partial charge in [-0.2, -0.15) is 0 Å². The van der Waals surface area contributed by atoms with Crippen LogP contribution in [0.4, 0.5) is 4.39 Å². The zero-order valence-corrected chi connectivity index (χ0v) is 11.9. The van der Waals surface area contributed by atoms with Crippen LogP contribution in [0.5, 0.6) is 0 Å². The van der Waals surface area contributed by atoms with E-state index in [1.807, 2.05) is 0 Å². The predicted molar refractivity (Wildman–Crippen MR) is 76.2 cm³/mol. The summed E-state index contributed by atoms with van der Waals surface area (Å²) in [5, 5.41) is 8.53. The van der Waals surface area contributed by atoms with E-state index in [-0.39, 0.29) is 11.5 Å². The quantitative estimate of drug-likeness (QED) is 0.503. The lowest BCUT2D eigenvalue weighted by molar-refractivity contribution is -0.148. The first-order valence-corrected chi connectivity index (χ1v) is 6.57. The fourth-order valence-corrected chi connectivity index (χ4v) is 2.13. The summed E-state index contributed by atoms with van der Waals surface area (Å²) in [6.45, 7) is 0. The highest BCUT2D eigenvalue weighted by Crippen LogP contribution is 2.15. The van der Waals surface area contributed by atoms with E-state index in [4.69, 9.17) is 5.11 Å².